The third kappa shape index (κ3) is 5.16. The molecule has 0 N–H and O–H groups in total. The molecule has 1 aromatic rings. The summed E-state index contributed by atoms with van der Waals surface area (Å²) in [5.41, 5.74) is 8.73. The fourth-order valence-electron chi connectivity index (χ4n) is 3.11. The van der Waals surface area contributed by atoms with Crippen molar-refractivity contribution in [2.24, 2.45) is 11.8 Å². The molecule has 0 amide bonds. The summed E-state index contributed by atoms with van der Waals surface area (Å²) in [7, 11) is 0. The van der Waals surface area contributed by atoms with Crippen LogP contribution in [0.2, 0.25) is 0 Å². The van der Waals surface area contributed by atoms with Gasteiger partial charge in [-0.2, -0.15) is 0 Å². The lowest BCUT2D eigenvalue weighted by Gasteiger charge is -2.22. The van der Waals surface area contributed by atoms with Gasteiger partial charge in [0.1, 0.15) is 0 Å². The van der Waals surface area contributed by atoms with Crippen LogP contribution in [0.4, 0.5) is 0 Å². The molecule has 2 rings (SSSR count). The Hall–Kier alpha value is -0.780. The van der Waals surface area contributed by atoms with E-state index in [0.717, 1.165) is 11.8 Å². The van der Waals surface area contributed by atoms with Crippen molar-refractivity contribution in [1.82, 2.24) is 0 Å². The van der Waals surface area contributed by atoms with Gasteiger partial charge < -0.3 is 0 Å². The molecule has 0 saturated heterocycles. The molecule has 1 fully saturated rings. The van der Waals surface area contributed by atoms with Gasteiger partial charge in [-0.25, -0.2) is 0 Å². The second-order valence-electron chi connectivity index (χ2n) is 7.12. The van der Waals surface area contributed by atoms with E-state index < -0.39 is 0 Å². The van der Waals surface area contributed by atoms with E-state index in [0.29, 0.717) is 0 Å². The van der Waals surface area contributed by atoms with E-state index in [-0.39, 0.29) is 8.85 Å². The molecule has 124 valence electrons. The summed E-state index contributed by atoms with van der Waals surface area (Å²) in [5.74, 6) is 2.04. The van der Waals surface area contributed by atoms with Crippen LogP contribution in [0, 0.1) is 53.4 Å². The normalized spacial score (nSPS) is 21.1. The topological polar surface area (TPSA) is 0 Å². The van der Waals surface area contributed by atoms with E-state index in [9.17, 15) is 0 Å². The highest BCUT2D eigenvalue weighted by Gasteiger charge is 2.13. The first-order chi connectivity index (χ1) is 9.25. The van der Waals surface area contributed by atoms with Gasteiger partial charge in [0, 0.05) is 1.43 Å². The van der Waals surface area contributed by atoms with Crippen LogP contribution >= 0.6 is 0 Å². The molecule has 1 saturated carbocycles. The molecule has 0 bridgehead atoms. The molecule has 1 aliphatic carbocycles. The van der Waals surface area contributed by atoms with E-state index in [1.54, 1.807) is 0 Å². The van der Waals surface area contributed by atoms with Crippen LogP contribution in [-0.4, -0.2) is 0 Å². The van der Waals surface area contributed by atoms with Gasteiger partial charge in [-0.1, -0.05) is 47.0 Å². The Morgan fingerprint density at radius 1 is 0.524 bits per heavy atom. The molecule has 0 aliphatic heterocycles. The summed E-state index contributed by atoms with van der Waals surface area (Å²) < 4.78 is 0. The zero-order valence-electron chi connectivity index (χ0n) is 15.0. The second-order valence-corrected chi connectivity index (χ2v) is 7.12. The molecule has 21 heavy (non-hydrogen) atoms. The molecule has 0 heteroatoms. The van der Waals surface area contributed by atoms with Crippen LogP contribution < -0.4 is 0 Å². The van der Waals surface area contributed by atoms with Gasteiger partial charge >= 0.3 is 0 Å². The Labute approximate surface area is 135 Å². The second kappa shape index (κ2) is 8.61. The highest BCUT2D eigenvalue weighted by Crippen LogP contribution is 2.27. The van der Waals surface area contributed by atoms with Crippen LogP contribution in [0.25, 0.3) is 0 Å². The quantitative estimate of drug-likeness (QED) is 0.472. The van der Waals surface area contributed by atoms with Crippen molar-refractivity contribution in [3.05, 3.63) is 33.4 Å². The van der Waals surface area contributed by atoms with Crippen LogP contribution in [0.5, 0.6) is 0 Å². The molecule has 0 heterocycles. The lowest BCUT2D eigenvalue weighted by Crippen LogP contribution is -2.08. The Kier molecular flexibility index (Phi) is 8.29. The molecule has 1 aliphatic rings. The van der Waals surface area contributed by atoms with Crippen molar-refractivity contribution in [1.29, 1.82) is 0 Å². The van der Waals surface area contributed by atoms with Crippen LogP contribution in [0.15, 0.2) is 0 Å². The van der Waals surface area contributed by atoms with Crippen molar-refractivity contribution in [3.63, 3.8) is 0 Å². The number of hydrogen-bond donors (Lipinski definition) is 0. The van der Waals surface area contributed by atoms with Crippen LogP contribution in [0.1, 0.15) is 81.8 Å². The molecule has 1 aromatic carbocycles. The SMILES string of the molecule is C.CC1CCC(C)CC1.Cc1c(C)c(C)c(C)c(C)c1C.[HH]. The zero-order valence-corrected chi connectivity index (χ0v) is 15.0. The van der Waals surface area contributed by atoms with Gasteiger partial charge in [0.15, 0.2) is 0 Å². The van der Waals surface area contributed by atoms with Crippen LogP contribution in [0.3, 0.4) is 0 Å². The average molecular weight is 293 g/mol. The molecule has 0 nitrogen and oxygen atoms in total. The molecule has 0 unspecified atom stereocenters. The molecule has 0 spiro atoms. The summed E-state index contributed by atoms with van der Waals surface area (Å²) in [4.78, 5) is 0. The zero-order chi connectivity index (χ0) is 15.4. The fraction of sp³-hybridized carbons (Fsp3) is 0.714. The molecule has 0 atom stereocenters. The van der Waals surface area contributed by atoms with Crippen molar-refractivity contribution >= 4 is 0 Å². The van der Waals surface area contributed by atoms with Gasteiger partial charge in [-0.05, 0) is 86.8 Å². The largest absolute Gasteiger partial charge is 0.0776 e. The van der Waals surface area contributed by atoms with Crippen molar-refractivity contribution in [3.8, 4) is 0 Å². The summed E-state index contributed by atoms with van der Waals surface area (Å²) in [6.07, 6.45) is 5.89. The highest BCUT2D eigenvalue weighted by molar-refractivity contribution is 5.48. The van der Waals surface area contributed by atoms with E-state index in [1.807, 2.05) is 0 Å². The summed E-state index contributed by atoms with van der Waals surface area (Å²) >= 11 is 0. The molecular weight excluding hydrogens is 252 g/mol. The highest BCUT2D eigenvalue weighted by atomic mass is 14.2. The maximum absolute atomic E-state index is 2.37. The first-order valence-electron chi connectivity index (χ1n) is 8.29. The van der Waals surface area contributed by atoms with E-state index >= 15 is 0 Å². The van der Waals surface area contributed by atoms with Gasteiger partial charge in [0.25, 0.3) is 0 Å². The number of benzene rings is 1. The minimum atomic E-state index is 0. The first-order valence-corrected chi connectivity index (χ1v) is 8.29. The summed E-state index contributed by atoms with van der Waals surface area (Å²) in [5, 5.41) is 0. The van der Waals surface area contributed by atoms with E-state index in [2.05, 4.69) is 55.4 Å². The smallest absolute Gasteiger partial charge is 0 e. The minimum Gasteiger partial charge on any atom is -0.0776 e. The maximum atomic E-state index is 2.37. The number of rotatable bonds is 0. The summed E-state index contributed by atoms with van der Waals surface area (Å²) in [6, 6.07) is 0. The van der Waals surface area contributed by atoms with Gasteiger partial charge in [0.05, 0.1) is 0 Å². The molecular formula is C21H40. The third-order valence-electron chi connectivity index (χ3n) is 5.68. The Bertz CT molecular complexity index is 336. The average Bonchev–Trinajstić information content (AvgIpc) is 2.45. The standard InChI is InChI=1S/C12H18.C8H16.CH4.H2/c1-7-8(2)10(4)12(6)11(5)9(7)3;1-7-3-5-8(2)6-4-7;;/h1-6H3;7-8H,3-6H2,1-2H3;1H4;1H. The molecule has 0 aromatic heterocycles. The summed E-state index contributed by atoms with van der Waals surface area (Å²) in [6.45, 7) is 18.0. The third-order valence-corrected chi connectivity index (χ3v) is 5.68. The lowest BCUT2D eigenvalue weighted by atomic mass is 9.84. The van der Waals surface area contributed by atoms with Crippen molar-refractivity contribution in [2.45, 2.75) is 88.5 Å². The predicted molar refractivity (Wildman–Crippen MR) is 101 cm³/mol. The van der Waals surface area contributed by atoms with Gasteiger partial charge in [-0.15, -0.1) is 0 Å². The first kappa shape index (κ1) is 20.2. The maximum Gasteiger partial charge on any atom is 0 e. The Morgan fingerprint density at radius 3 is 0.810 bits per heavy atom. The van der Waals surface area contributed by atoms with Crippen LogP contribution in [-0.2, 0) is 0 Å². The Balaban J connectivity index is 0. The lowest BCUT2D eigenvalue weighted by molar-refractivity contribution is 0.308. The monoisotopic (exact) mass is 292 g/mol. The predicted octanol–water partition coefficient (Wildman–Crippen LogP) is 7.25. The van der Waals surface area contributed by atoms with E-state index in [4.69, 9.17) is 0 Å². The minimum absolute atomic E-state index is 0. The number of hydrogen-bond acceptors (Lipinski definition) is 0. The fourth-order valence-corrected chi connectivity index (χ4v) is 3.11. The van der Waals surface area contributed by atoms with Crippen molar-refractivity contribution < 1.29 is 1.43 Å². The van der Waals surface area contributed by atoms with Gasteiger partial charge in [-0.3, -0.25) is 0 Å². The van der Waals surface area contributed by atoms with E-state index in [1.165, 1.54) is 59.1 Å². The van der Waals surface area contributed by atoms with Crippen molar-refractivity contribution in [2.75, 3.05) is 0 Å². The molecule has 0 radical (unpaired) electrons. The Morgan fingerprint density at radius 2 is 0.667 bits per heavy atom. The van der Waals surface area contributed by atoms with Gasteiger partial charge in [0.2, 0.25) is 0 Å².